The number of hydrogen-bond donors (Lipinski definition) is 1. The van der Waals surface area contributed by atoms with Crippen molar-refractivity contribution >= 4 is 23.4 Å². The molecule has 0 bridgehead atoms. The Balaban J connectivity index is 1.82. The van der Waals surface area contributed by atoms with Crippen molar-refractivity contribution in [3.63, 3.8) is 0 Å². The van der Waals surface area contributed by atoms with Crippen LogP contribution >= 0.6 is 23.4 Å². The highest BCUT2D eigenvalue weighted by Gasteiger charge is 2.29. The van der Waals surface area contributed by atoms with Crippen LogP contribution in [0, 0.1) is 0 Å². The summed E-state index contributed by atoms with van der Waals surface area (Å²) in [7, 11) is 0. The normalized spacial score (nSPS) is 23.1. The second-order valence-electron chi connectivity index (χ2n) is 5.11. The number of furan rings is 1. The molecule has 0 amide bonds. The van der Waals surface area contributed by atoms with Crippen molar-refractivity contribution in [3.05, 3.63) is 58.1 Å². The van der Waals surface area contributed by atoms with Gasteiger partial charge in [0.05, 0.1) is 18.5 Å². The highest BCUT2D eigenvalue weighted by molar-refractivity contribution is 8.04. The van der Waals surface area contributed by atoms with E-state index < -0.39 is 0 Å². The minimum absolute atomic E-state index is 0.201. The number of nitrogens with zero attached hydrogens (tertiary/aromatic N) is 1. The van der Waals surface area contributed by atoms with E-state index in [4.69, 9.17) is 21.8 Å². The number of hydrogen-bond acceptors (Lipinski definition) is 4. The first kappa shape index (κ1) is 13.9. The summed E-state index contributed by atoms with van der Waals surface area (Å²) in [5.74, 6) is 0.902. The molecule has 106 valence electrons. The SMILES string of the molecule is C[C@H](N)CC1C=C2C(=CC=C(Cl)N2Cc2ccco2)S1. The third-order valence-electron chi connectivity index (χ3n) is 3.29. The Morgan fingerprint density at radius 1 is 1.50 bits per heavy atom. The smallest absolute Gasteiger partial charge is 0.123 e. The van der Waals surface area contributed by atoms with Crippen molar-refractivity contribution < 1.29 is 4.42 Å². The minimum atomic E-state index is 0.201. The molecular formula is C15H17ClN2OS. The summed E-state index contributed by atoms with van der Waals surface area (Å²) in [5, 5.41) is 1.14. The van der Waals surface area contributed by atoms with Gasteiger partial charge in [0.1, 0.15) is 10.9 Å². The summed E-state index contributed by atoms with van der Waals surface area (Å²) in [6.07, 6.45) is 8.94. The van der Waals surface area contributed by atoms with E-state index in [2.05, 4.69) is 17.1 Å². The van der Waals surface area contributed by atoms with Gasteiger partial charge in [-0.1, -0.05) is 11.6 Å². The zero-order valence-corrected chi connectivity index (χ0v) is 12.8. The van der Waals surface area contributed by atoms with Gasteiger partial charge in [0.25, 0.3) is 0 Å². The molecule has 3 heterocycles. The fraction of sp³-hybridized carbons (Fsp3) is 0.333. The van der Waals surface area contributed by atoms with Gasteiger partial charge < -0.3 is 15.1 Å². The maximum absolute atomic E-state index is 6.35. The average Bonchev–Trinajstić information content (AvgIpc) is 3.01. The fourth-order valence-corrected chi connectivity index (χ4v) is 4.00. The maximum atomic E-state index is 6.35. The molecule has 3 rings (SSSR count). The third kappa shape index (κ3) is 2.82. The Labute approximate surface area is 128 Å². The van der Waals surface area contributed by atoms with Crippen LogP contribution in [0.1, 0.15) is 19.1 Å². The molecule has 2 atom stereocenters. The van der Waals surface area contributed by atoms with E-state index in [1.807, 2.05) is 36.9 Å². The first-order valence-corrected chi connectivity index (χ1v) is 7.91. The Morgan fingerprint density at radius 2 is 2.35 bits per heavy atom. The lowest BCUT2D eigenvalue weighted by atomic mass is 10.1. The molecule has 0 saturated carbocycles. The first-order valence-electron chi connectivity index (χ1n) is 6.65. The number of fused-ring (bicyclic) bond motifs is 1. The van der Waals surface area contributed by atoms with Crippen molar-refractivity contribution in [2.24, 2.45) is 5.73 Å². The number of allylic oxidation sites excluding steroid dienone is 2. The number of halogens is 1. The summed E-state index contributed by atoms with van der Waals surface area (Å²) in [5.41, 5.74) is 7.07. The molecule has 0 radical (unpaired) electrons. The van der Waals surface area contributed by atoms with Gasteiger partial charge in [0.15, 0.2) is 0 Å². The lowest BCUT2D eigenvalue weighted by Crippen LogP contribution is -2.21. The first-order chi connectivity index (χ1) is 9.63. The highest BCUT2D eigenvalue weighted by Crippen LogP contribution is 2.44. The van der Waals surface area contributed by atoms with E-state index in [9.17, 15) is 0 Å². The molecule has 2 N–H and O–H groups in total. The van der Waals surface area contributed by atoms with E-state index in [1.165, 1.54) is 10.6 Å². The number of rotatable bonds is 4. The van der Waals surface area contributed by atoms with Gasteiger partial charge in [-0.25, -0.2) is 0 Å². The van der Waals surface area contributed by atoms with Crippen LogP contribution in [0.15, 0.2) is 56.8 Å². The van der Waals surface area contributed by atoms with Crippen molar-refractivity contribution in [3.8, 4) is 0 Å². The topological polar surface area (TPSA) is 42.4 Å². The van der Waals surface area contributed by atoms with Crippen LogP contribution in [-0.2, 0) is 6.54 Å². The molecular weight excluding hydrogens is 292 g/mol. The van der Waals surface area contributed by atoms with Crippen LogP contribution in [0.5, 0.6) is 0 Å². The van der Waals surface area contributed by atoms with E-state index >= 15 is 0 Å². The summed E-state index contributed by atoms with van der Waals surface area (Å²) in [4.78, 5) is 3.34. The van der Waals surface area contributed by atoms with Crippen LogP contribution < -0.4 is 5.73 Å². The van der Waals surface area contributed by atoms with Gasteiger partial charge >= 0.3 is 0 Å². The Bertz CT molecular complexity index is 575. The second-order valence-corrected chi connectivity index (χ2v) is 6.78. The molecule has 0 fully saturated rings. The van der Waals surface area contributed by atoms with Crippen molar-refractivity contribution in [2.45, 2.75) is 31.2 Å². The summed E-state index contributed by atoms with van der Waals surface area (Å²) >= 11 is 8.20. The van der Waals surface area contributed by atoms with Crippen LogP contribution in [0.25, 0.3) is 0 Å². The molecule has 2 aliphatic heterocycles. The molecule has 0 aliphatic carbocycles. The van der Waals surface area contributed by atoms with Crippen molar-refractivity contribution in [1.29, 1.82) is 0 Å². The predicted octanol–water partition coefficient (Wildman–Crippen LogP) is 3.80. The van der Waals surface area contributed by atoms with Gasteiger partial charge in [-0.3, -0.25) is 0 Å². The molecule has 0 saturated heterocycles. The lowest BCUT2D eigenvalue weighted by Gasteiger charge is -2.27. The number of nitrogens with two attached hydrogens (primary N) is 1. The summed E-state index contributed by atoms with van der Waals surface area (Å²) in [6.45, 7) is 2.69. The van der Waals surface area contributed by atoms with Gasteiger partial charge in [0, 0.05) is 16.2 Å². The highest BCUT2D eigenvalue weighted by atomic mass is 35.5. The maximum Gasteiger partial charge on any atom is 0.123 e. The van der Waals surface area contributed by atoms with Gasteiger partial charge in [0.2, 0.25) is 0 Å². The third-order valence-corrected chi connectivity index (χ3v) is 4.85. The average molecular weight is 309 g/mol. The molecule has 0 spiro atoms. The molecule has 0 aromatic carbocycles. The van der Waals surface area contributed by atoms with Gasteiger partial charge in [-0.2, -0.15) is 0 Å². The van der Waals surface area contributed by atoms with Crippen LogP contribution in [0.2, 0.25) is 0 Å². The fourth-order valence-electron chi connectivity index (χ4n) is 2.41. The van der Waals surface area contributed by atoms with Gasteiger partial charge in [-0.05, 0) is 43.7 Å². The van der Waals surface area contributed by atoms with Crippen molar-refractivity contribution in [1.82, 2.24) is 4.90 Å². The molecule has 5 heteroatoms. The van der Waals surface area contributed by atoms with Crippen molar-refractivity contribution in [2.75, 3.05) is 0 Å². The Hall–Kier alpha value is -1.10. The lowest BCUT2D eigenvalue weighted by molar-refractivity contribution is 0.385. The Morgan fingerprint density at radius 3 is 3.05 bits per heavy atom. The predicted molar refractivity (Wildman–Crippen MR) is 84.0 cm³/mol. The largest absolute Gasteiger partial charge is 0.467 e. The zero-order chi connectivity index (χ0) is 14.1. The number of thioether (sulfide) groups is 1. The summed E-state index contributed by atoms with van der Waals surface area (Å²) < 4.78 is 5.42. The molecule has 3 nitrogen and oxygen atoms in total. The zero-order valence-electron chi connectivity index (χ0n) is 11.3. The van der Waals surface area contributed by atoms with E-state index in [0.29, 0.717) is 11.8 Å². The molecule has 20 heavy (non-hydrogen) atoms. The van der Waals surface area contributed by atoms with Crippen LogP contribution in [0.3, 0.4) is 0 Å². The standard InChI is InChI=1S/C15H17ClN2OS/c1-10(17)7-12-8-13-14(20-12)4-5-15(16)18(13)9-11-3-2-6-19-11/h2-6,8,10,12H,7,9,17H2,1H3/t10-,12?/m0/s1. The van der Waals surface area contributed by atoms with E-state index in [1.54, 1.807) is 6.26 Å². The second kappa shape index (κ2) is 5.72. The minimum Gasteiger partial charge on any atom is -0.467 e. The monoisotopic (exact) mass is 308 g/mol. The molecule has 1 unspecified atom stereocenters. The quantitative estimate of drug-likeness (QED) is 0.859. The van der Waals surface area contributed by atoms with E-state index in [0.717, 1.165) is 17.3 Å². The van der Waals surface area contributed by atoms with Crippen LogP contribution in [-0.4, -0.2) is 16.2 Å². The molecule has 1 aromatic rings. The summed E-state index contributed by atoms with van der Waals surface area (Å²) in [6, 6.07) is 4.06. The molecule has 2 aliphatic rings. The Kier molecular flexibility index (Phi) is 3.96. The molecule has 1 aromatic heterocycles. The van der Waals surface area contributed by atoms with E-state index in [-0.39, 0.29) is 6.04 Å². The van der Waals surface area contributed by atoms with Crippen LogP contribution in [0.4, 0.5) is 0 Å². The van der Waals surface area contributed by atoms with Gasteiger partial charge in [-0.15, -0.1) is 11.8 Å².